The van der Waals surface area contributed by atoms with Crippen molar-refractivity contribution in [3.05, 3.63) is 57.8 Å². The lowest BCUT2D eigenvalue weighted by Crippen LogP contribution is -2.33. The van der Waals surface area contributed by atoms with Crippen LogP contribution in [0.5, 0.6) is 5.88 Å². The van der Waals surface area contributed by atoms with Crippen molar-refractivity contribution in [1.29, 1.82) is 0 Å². The summed E-state index contributed by atoms with van der Waals surface area (Å²) in [6, 6.07) is 9.59. The smallest absolute Gasteiger partial charge is 0.407 e. The van der Waals surface area contributed by atoms with Crippen LogP contribution in [0.4, 0.5) is 14.9 Å². The third-order valence-electron chi connectivity index (χ3n) is 4.27. The van der Waals surface area contributed by atoms with Gasteiger partial charge >= 0.3 is 6.09 Å². The average molecular weight is 491 g/mol. The quantitative estimate of drug-likeness (QED) is 0.235. The van der Waals surface area contributed by atoms with Gasteiger partial charge in [0.15, 0.2) is 5.88 Å². The third kappa shape index (κ3) is 5.55. The van der Waals surface area contributed by atoms with E-state index in [1.165, 1.54) is 18.2 Å². The lowest BCUT2D eigenvalue weighted by Gasteiger charge is -2.19. The summed E-state index contributed by atoms with van der Waals surface area (Å²) in [5.74, 6) is -0.675. The molecule has 9 heteroatoms. The Morgan fingerprint density at radius 2 is 2.03 bits per heavy atom. The largest absolute Gasteiger partial charge is 0.494 e. The van der Waals surface area contributed by atoms with E-state index in [0.29, 0.717) is 22.2 Å². The summed E-state index contributed by atoms with van der Waals surface area (Å²) >= 11 is 3.42. The van der Waals surface area contributed by atoms with Gasteiger partial charge in [-0.15, -0.1) is 0 Å². The van der Waals surface area contributed by atoms with Gasteiger partial charge in [0.05, 0.1) is 17.8 Å². The van der Waals surface area contributed by atoms with Gasteiger partial charge in [0.2, 0.25) is 0 Å². The van der Waals surface area contributed by atoms with Crippen LogP contribution in [-0.2, 0) is 4.74 Å². The topological polar surface area (TPSA) is 113 Å². The number of hydrogen-bond acceptors (Lipinski definition) is 5. The number of anilines is 1. The van der Waals surface area contributed by atoms with Crippen molar-refractivity contribution in [1.82, 2.24) is 10.3 Å². The Morgan fingerprint density at radius 1 is 1.29 bits per heavy atom. The van der Waals surface area contributed by atoms with Gasteiger partial charge < -0.3 is 25.9 Å². The molecule has 0 aliphatic rings. The van der Waals surface area contributed by atoms with Gasteiger partial charge in [-0.25, -0.2) is 9.18 Å². The highest BCUT2D eigenvalue weighted by molar-refractivity contribution is 9.10. The van der Waals surface area contributed by atoms with Crippen LogP contribution in [-0.4, -0.2) is 40.6 Å². The second-order valence-corrected chi connectivity index (χ2v) is 8.85. The molecule has 1 heterocycles. The summed E-state index contributed by atoms with van der Waals surface area (Å²) in [6.45, 7) is 5.59. The van der Waals surface area contributed by atoms with Gasteiger partial charge in [-0.05, 0) is 57.2 Å². The van der Waals surface area contributed by atoms with Crippen LogP contribution in [0.3, 0.4) is 0 Å². The Kier molecular flexibility index (Phi) is 6.54. The summed E-state index contributed by atoms with van der Waals surface area (Å²) in [5.41, 5.74) is 6.99. The number of aromatic nitrogens is 1. The lowest BCUT2D eigenvalue weighted by atomic mass is 10.00. The number of fused-ring (bicyclic) bond motifs is 1. The molecule has 1 amide bonds. The second-order valence-electron chi connectivity index (χ2n) is 7.94. The highest BCUT2D eigenvalue weighted by Crippen LogP contribution is 2.33. The Hall–Kier alpha value is -3.07. The number of aromatic hydroxyl groups is 1. The van der Waals surface area contributed by atoms with Gasteiger partial charge in [-0.1, -0.05) is 15.9 Å². The molecule has 0 aliphatic carbocycles. The molecule has 5 N–H and O–H groups in total. The second kappa shape index (κ2) is 8.97. The number of nitrogens with two attached hydrogens (primary N) is 1. The van der Waals surface area contributed by atoms with Crippen molar-refractivity contribution in [3.63, 3.8) is 0 Å². The maximum Gasteiger partial charge on any atom is 0.407 e. The Labute approximate surface area is 187 Å². The molecule has 0 fully saturated rings. The fourth-order valence-electron chi connectivity index (χ4n) is 3.05. The van der Waals surface area contributed by atoms with Crippen LogP contribution in [0.15, 0.2) is 45.9 Å². The number of rotatable bonds is 5. The zero-order valence-electron chi connectivity index (χ0n) is 17.4. The number of hydrogen-bond donors (Lipinski definition) is 4. The maximum atomic E-state index is 14.7. The van der Waals surface area contributed by atoms with E-state index >= 15 is 0 Å². The first kappa shape index (κ1) is 22.6. The predicted molar refractivity (Wildman–Crippen MR) is 123 cm³/mol. The van der Waals surface area contributed by atoms with Crippen molar-refractivity contribution in [3.8, 4) is 5.88 Å². The molecule has 0 saturated carbocycles. The van der Waals surface area contributed by atoms with E-state index < -0.39 is 17.5 Å². The molecule has 0 aliphatic heterocycles. The zero-order valence-corrected chi connectivity index (χ0v) is 19.0. The van der Waals surface area contributed by atoms with E-state index in [4.69, 9.17) is 10.5 Å². The van der Waals surface area contributed by atoms with E-state index in [1.54, 1.807) is 32.9 Å². The first-order valence-electron chi connectivity index (χ1n) is 9.62. The minimum absolute atomic E-state index is 0.128. The summed E-state index contributed by atoms with van der Waals surface area (Å²) < 4.78 is 20.7. The van der Waals surface area contributed by atoms with Crippen LogP contribution < -0.4 is 11.1 Å². The van der Waals surface area contributed by atoms with Gasteiger partial charge in [0.25, 0.3) is 0 Å². The van der Waals surface area contributed by atoms with Gasteiger partial charge in [-0.3, -0.25) is 4.99 Å². The Morgan fingerprint density at radius 3 is 2.74 bits per heavy atom. The summed E-state index contributed by atoms with van der Waals surface area (Å²) in [6.07, 6.45) is -0.571. The van der Waals surface area contributed by atoms with Crippen molar-refractivity contribution < 1.29 is 19.0 Å². The monoisotopic (exact) mass is 490 g/mol. The molecule has 3 aromatic rings. The zero-order chi connectivity index (χ0) is 22.8. The van der Waals surface area contributed by atoms with Gasteiger partial charge in [0, 0.05) is 33.2 Å². The van der Waals surface area contributed by atoms with Crippen molar-refractivity contribution in [2.24, 2.45) is 4.99 Å². The third-order valence-corrected chi connectivity index (χ3v) is 4.77. The molecule has 0 bridgehead atoms. The van der Waals surface area contributed by atoms with E-state index in [9.17, 15) is 14.3 Å². The molecular formula is C22H24BrFN4O3. The van der Waals surface area contributed by atoms with E-state index in [1.807, 2.05) is 6.07 Å². The Balaban J connectivity index is 1.98. The number of H-pyrrole nitrogens is 1. The molecule has 0 saturated heterocycles. The van der Waals surface area contributed by atoms with Crippen molar-refractivity contribution >= 4 is 44.3 Å². The van der Waals surface area contributed by atoms with Gasteiger partial charge in [-0.2, -0.15) is 0 Å². The fourth-order valence-corrected chi connectivity index (χ4v) is 3.41. The number of nitrogen functional groups attached to an aromatic ring is 1. The first-order valence-corrected chi connectivity index (χ1v) is 10.4. The highest BCUT2D eigenvalue weighted by atomic mass is 79.9. The number of carbonyl (C=O) groups is 1. The number of alkyl carbamates (subject to hydrolysis) is 1. The van der Waals surface area contributed by atoms with Crippen LogP contribution >= 0.6 is 15.9 Å². The Bertz CT molecular complexity index is 1150. The minimum atomic E-state index is -0.619. The number of nitrogens with zero attached hydrogens (tertiary/aromatic N) is 1. The number of aromatic amines is 1. The number of aliphatic imine (C=N–C) groups is 1. The molecule has 0 radical (unpaired) electrons. The fraction of sp³-hybridized carbons (Fsp3) is 0.273. The molecule has 0 unspecified atom stereocenters. The summed E-state index contributed by atoms with van der Waals surface area (Å²) in [4.78, 5) is 19.2. The number of amides is 1. The van der Waals surface area contributed by atoms with E-state index in [0.717, 1.165) is 4.47 Å². The van der Waals surface area contributed by atoms with Crippen LogP contribution in [0.25, 0.3) is 10.9 Å². The average Bonchev–Trinajstić information content (AvgIpc) is 2.98. The molecule has 1 aromatic heterocycles. The molecule has 0 atom stereocenters. The van der Waals surface area contributed by atoms with Gasteiger partial charge in [0.1, 0.15) is 11.4 Å². The molecule has 3 rings (SSSR count). The first-order chi connectivity index (χ1) is 14.5. The van der Waals surface area contributed by atoms with E-state index in [2.05, 4.69) is 31.2 Å². The van der Waals surface area contributed by atoms with Crippen molar-refractivity contribution in [2.45, 2.75) is 26.4 Å². The predicted octanol–water partition coefficient (Wildman–Crippen LogP) is 4.72. The maximum absolute atomic E-state index is 14.7. The molecular weight excluding hydrogens is 467 g/mol. The van der Waals surface area contributed by atoms with Crippen LogP contribution in [0.2, 0.25) is 0 Å². The lowest BCUT2D eigenvalue weighted by molar-refractivity contribution is 0.0529. The summed E-state index contributed by atoms with van der Waals surface area (Å²) in [5, 5.41) is 13.9. The summed E-state index contributed by atoms with van der Waals surface area (Å²) in [7, 11) is 0. The molecule has 31 heavy (non-hydrogen) atoms. The molecule has 7 nitrogen and oxygen atoms in total. The van der Waals surface area contributed by atoms with Crippen molar-refractivity contribution in [2.75, 3.05) is 18.8 Å². The minimum Gasteiger partial charge on any atom is -0.494 e. The normalized spacial score (nSPS) is 12.2. The number of carbonyl (C=O) groups excluding carboxylic acids is 1. The highest BCUT2D eigenvalue weighted by Gasteiger charge is 2.21. The number of nitrogens with one attached hydrogen (secondary N) is 2. The molecule has 2 aromatic carbocycles. The van der Waals surface area contributed by atoms with E-state index in [-0.39, 0.29) is 30.2 Å². The van der Waals surface area contributed by atoms with Crippen LogP contribution in [0.1, 0.15) is 31.9 Å². The number of halogens is 2. The SMILES string of the molecule is CC(C)(C)OC(=O)NCCN=C(c1cc(N)ccc1F)c1c(O)[nH]c2ccc(Br)cc12. The van der Waals surface area contributed by atoms with Crippen LogP contribution in [0, 0.1) is 5.82 Å². The molecule has 164 valence electrons. The number of benzene rings is 2. The number of ether oxygens (including phenoxy) is 1. The molecule has 0 spiro atoms. The standard InChI is InChI=1S/C22H24BrFN4O3/c1-22(2,3)31-21(30)27-9-8-26-19(14-11-13(25)5-6-16(14)24)18-15-10-12(23)4-7-17(15)28-20(18)29/h4-7,10-11,28-29H,8-9,25H2,1-3H3,(H,27,30).